The minimum atomic E-state index is -0.691. The smallest absolute Gasteiger partial charge is 0.303 e. The first-order valence-corrected chi connectivity index (χ1v) is 18.5. The van der Waals surface area contributed by atoms with E-state index in [0.29, 0.717) is 6.42 Å². The van der Waals surface area contributed by atoms with Crippen LogP contribution in [0.1, 0.15) is 133 Å². The largest absolute Gasteiger partial charge is 0.481 e. The van der Waals surface area contributed by atoms with Gasteiger partial charge in [0.15, 0.2) is 0 Å². The van der Waals surface area contributed by atoms with Crippen LogP contribution in [0.2, 0.25) is 0 Å². The molecule has 7 nitrogen and oxygen atoms in total. The van der Waals surface area contributed by atoms with Crippen LogP contribution in [0.5, 0.6) is 0 Å². The Morgan fingerprint density at radius 1 is 1.15 bits per heavy atom. The second-order valence-corrected chi connectivity index (χ2v) is 12.7. The van der Waals surface area contributed by atoms with Crippen LogP contribution in [0.15, 0.2) is 74.7 Å². The van der Waals surface area contributed by atoms with Gasteiger partial charge in [-0.05, 0) is 82.3 Å². The van der Waals surface area contributed by atoms with Gasteiger partial charge in [-0.1, -0.05) is 86.1 Å². The lowest BCUT2D eigenvalue weighted by Gasteiger charge is -2.33. The van der Waals surface area contributed by atoms with Gasteiger partial charge in [0.1, 0.15) is 11.7 Å². The number of carboxylic acids is 1. The second kappa shape index (κ2) is 22.4. The van der Waals surface area contributed by atoms with Crippen LogP contribution in [-0.2, 0) is 4.79 Å². The molecular formula is C40H67N5O2. The Hall–Kier alpha value is -3.22. The van der Waals surface area contributed by atoms with Crippen LogP contribution < -0.4 is 5.32 Å². The second-order valence-electron chi connectivity index (χ2n) is 12.7. The number of amidine groups is 1. The highest BCUT2D eigenvalue weighted by Crippen LogP contribution is 2.41. The molecule has 0 saturated carbocycles. The van der Waals surface area contributed by atoms with Gasteiger partial charge >= 0.3 is 5.97 Å². The molecule has 0 aromatic carbocycles. The van der Waals surface area contributed by atoms with Crippen LogP contribution in [0.4, 0.5) is 0 Å². The van der Waals surface area contributed by atoms with Crippen molar-refractivity contribution in [2.45, 2.75) is 133 Å². The van der Waals surface area contributed by atoms with E-state index in [0.717, 1.165) is 93.2 Å². The molecule has 0 aromatic rings. The molecule has 0 aromatic heterocycles. The van der Waals surface area contributed by atoms with Gasteiger partial charge in [0.05, 0.1) is 0 Å². The first kappa shape index (κ1) is 41.8. The zero-order valence-corrected chi connectivity index (χ0v) is 31.5. The maximum Gasteiger partial charge on any atom is 0.303 e. The summed E-state index contributed by atoms with van der Waals surface area (Å²) >= 11 is 0. The first-order valence-electron chi connectivity index (χ1n) is 18.5. The van der Waals surface area contributed by atoms with E-state index in [9.17, 15) is 9.90 Å². The van der Waals surface area contributed by atoms with E-state index in [1.165, 1.54) is 6.42 Å². The highest BCUT2D eigenvalue weighted by atomic mass is 16.4. The van der Waals surface area contributed by atoms with Crippen LogP contribution >= 0.6 is 0 Å². The molecule has 0 amide bonds. The molecule has 3 aliphatic heterocycles. The highest BCUT2D eigenvalue weighted by molar-refractivity contribution is 6.03. The predicted octanol–water partition coefficient (Wildman–Crippen LogP) is 10.3. The van der Waals surface area contributed by atoms with Crippen LogP contribution in [-0.4, -0.2) is 53.4 Å². The number of allylic oxidation sites excluding steroid dienone is 7. The number of hydrogen-bond donors (Lipinski definition) is 2. The molecule has 3 unspecified atom stereocenters. The summed E-state index contributed by atoms with van der Waals surface area (Å²) in [6.45, 7) is 23.7. The number of nitrogens with zero attached hydrogens (tertiary/aromatic N) is 4. The molecule has 0 radical (unpaired) electrons. The van der Waals surface area contributed by atoms with Crippen molar-refractivity contribution in [1.82, 2.24) is 10.2 Å². The van der Waals surface area contributed by atoms with Gasteiger partial charge in [-0.2, -0.15) is 0 Å². The number of aliphatic carboxylic acids is 1. The van der Waals surface area contributed by atoms with Gasteiger partial charge in [0, 0.05) is 67.3 Å². The van der Waals surface area contributed by atoms with Crippen LogP contribution in [0.3, 0.4) is 0 Å². The quantitative estimate of drug-likeness (QED) is 0.206. The van der Waals surface area contributed by atoms with Gasteiger partial charge in [0.25, 0.3) is 0 Å². The average molecular weight is 650 g/mol. The van der Waals surface area contributed by atoms with Crippen LogP contribution in [0.25, 0.3) is 0 Å². The van der Waals surface area contributed by atoms with Crippen molar-refractivity contribution >= 4 is 23.7 Å². The van der Waals surface area contributed by atoms with Crippen molar-refractivity contribution in [1.29, 1.82) is 0 Å². The van der Waals surface area contributed by atoms with E-state index in [4.69, 9.17) is 15.0 Å². The lowest BCUT2D eigenvalue weighted by Crippen LogP contribution is -2.29. The lowest BCUT2D eigenvalue weighted by molar-refractivity contribution is -0.138. The van der Waals surface area contributed by atoms with Crippen molar-refractivity contribution in [2.75, 3.05) is 19.6 Å². The summed E-state index contributed by atoms with van der Waals surface area (Å²) in [4.78, 5) is 28.2. The molecule has 3 heterocycles. The Kier molecular flexibility index (Phi) is 19.9. The van der Waals surface area contributed by atoms with Gasteiger partial charge < -0.3 is 15.3 Å². The fourth-order valence-electron chi connectivity index (χ4n) is 6.48. The van der Waals surface area contributed by atoms with Gasteiger partial charge in [-0.3, -0.25) is 9.79 Å². The van der Waals surface area contributed by atoms with Gasteiger partial charge in [-0.25, -0.2) is 9.98 Å². The zero-order valence-electron chi connectivity index (χ0n) is 31.5. The number of carboxylic acid groups (broad SMARTS) is 1. The Morgan fingerprint density at radius 2 is 1.89 bits per heavy atom. The molecule has 0 bridgehead atoms. The molecule has 7 heteroatoms. The number of carbonyl (C=O) groups is 1. The van der Waals surface area contributed by atoms with E-state index < -0.39 is 5.97 Å². The first-order chi connectivity index (χ1) is 22.7. The van der Waals surface area contributed by atoms with Crippen molar-refractivity contribution in [3.8, 4) is 0 Å². The Labute approximate surface area is 287 Å². The maximum atomic E-state index is 11.2. The standard InChI is InChI=1S/C36H55N5O2.2C2H6/c1-7-13-31(37-10-4)35(6)18-11-22-39-34(40-30(8-2)27-35)29-14-15-32(38-23-17-29)41-24-12-19-36(9-3,21-25-41)20-16-28(5)26-33(42)43;2*1-2/h7,11,13-15,22-23,27-28H,8-10,12,16-21,24-26H2,1-6H3,(H,39,40)(H,42,43);2*1-2H3/b13-7-,22-11+,30-27+,37-31?;;. The van der Waals surface area contributed by atoms with E-state index in [-0.39, 0.29) is 23.2 Å². The minimum absolute atomic E-state index is 0.219. The number of rotatable bonds is 12. The summed E-state index contributed by atoms with van der Waals surface area (Å²) in [5.41, 5.74) is 3.42. The normalized spacial score (nSPS) is 26.0. The summed E-state index contributed by atoms with van der Waals surface area (Å²) in [6.07, 6.45) is 26.3. The predicted molar refractivity (Wildman–Crippen MR) is 204 cm³/mol. The third-order valence-electron chi connectivity index (χ3n) is 9.33. The molecule has 3 atom stereocenters. The molecule has 0 spiro atoms. The van der Waals surface area contributed by atoms with Crippen molar-refractivity contribution < 1.29 is 9.90 Å². The molecule has 2 N–H and O–H groups in total. The van der Waals surface area contributed by atoms with Crippen molar-refractivity contribution in [3.63, 3.8) is 0 Å². The zero-order chi connectivity index (χ0) is 35.3. The third kappa shape index (κ3) is 13.4. The summed E-state index contributed by atoms with van der Waals surface area (Å²) in [6, 6.07) is 0. The average Bonchev–Trinajstić information content (AvgIpc) is 3.42. The highest BCUT2D eigenvalue weighted by Gasteiger charge is 2.32. The fourth-order valence-corrected chi connectivity index (χ4v) is 6.48. The molecular weight excluding hydrogens is 582 g/mol. The van der Waals surface area contributed by atoms with Crippen molar-refractivity contribution in [2.24, 2.45) is 31.7 Å². The summed E-state index contributed by atoms with van der Waals surface area (Å²) in [5, 5.41) is 12.8. The monoisotopic (exact) mass is 650 g/mol. The van der Waals surface area contributed by atoms with E-state index >= 15 is 0 Å². The molecule has 3 aliphatic rings. The minimum Gasteiger partial charge on any atom is -0.481 e. The summed E-state index contributed by atoms with van der Waals surface area (Å²) in [5.74, 6) is 1.42. The van der Waals surface area contributed by atoms with Crippen molar-refractivity contribution in [3.05, 3.63) is 59.7 Å². The number of likely N-dealkylation sites (tertiary alicyclic amines) is 1. The van der Waals surface area contributed by atoms with Gasteiger partial charge in [0.2, 0.25) is 0 Å². The number of hydrogen-bond acceptors (Lipinski definition) is 6. The Bertz CT molecular complexity index is 1200. The molecule has 264 valence electrons. The molecule has 1 fully saturated rings. The summed E-state index contributed by atoms with van der Waals surface area (Å²) in [7, 11) is 0. The van der Waals surface area contributed by atoms with Gasteiger partial charge in [-0.15, -0.1) is 0 Å². The number of aliphatic imine (C=N–C) groups is 3. The van der Waals surface area contributed by atoms with E-state index in [2.05, 4.69) is 81.3 Å². The summed E-state index contributed by atoms with van der Waals surface area (Å²) < 4.78 is 0. The molecule has 1 saturated heterocycles. The van der Waals surface area contributed by atoms with E-state index in [1.807, 2.05) is 47.0 Å². The number of nitrogens with one attached hydrogen (secondary N) is 1. The SMILES string of the molecule is C/C=C\C(=NCC)C1(C)/C=C(\CC)NC(C2=CC=C(N3CCCC(CC)(CCC(C)CC(=O)O)CC3)N=CC2)=N/C=C/C1.CC.CC. The lowest BCUT2D eigenvalue weighted by atomic mass is 9.73. The topological polar surface area (TPSA) is 89.7 Å². The Balaban J connectivity index is 0.00000265. The van der Waals surface area contributed by atoms with Crippen LogP contribution in [0, 0.1) is 16.7 Å². The molecule has 0 aliphatic carbocycles. The Morgan fingerprint density at radius 3 is 2.53 bits per heavy atom. The fraction of sp³-hybridized carbons (Fsp3) is 0.650. The molecule has 47 heavy (non-hydrogen) atoms. The molecule has 3 rings (SSSR count). The van der Waals surface area contributed by atoms with E-state index in [1.54, 1.807) is 0 Å². The maximum absolute atomic E-state index is 11.2. The third-order valence-corrected chi connectivity index (χ3v) is 9.33.